The number of methoxy groups -OCH3 is 1. The second-order valence-corrected chi connectivity index (χ2v) is 9.60. The van der Waals surface area contributed by atoms with Crippen molar-refractivity contribution in [2.24, 2.45) is 5.92 Å². The van der Waals surface area contributed by atoms with Crippen LogP contribution in [0.2, 0.25) is 0 Å². The number of piperidine rings is 1. The van der Waals surface area contributed by atoms with Crippen LogP contribution >= 0.6 is 0 Å². The number of nitrogens with zero attached hydrogens (tertiary/aromatic N) is 1. The fourth-order valence-electron chi connectivity index (χ4n) is 5.14. The minimum absolute atomic E-state index is 0.0100. The summed E-state index contributed by atoms with van der Waals surface area (Å²) in [5.41, 5.74) is -0.211. The zero-order chi connectivity index (χ0) is 28.0. The Labute approximate surface area is 225 Å². The predicted octanol–water partition coefficient (Wildman–Crippen LogP) is 4.66. The van der Waals surface area contributed by atoms with E-state index in [1.165, 1.54) is 49.6 Å². The minimum atomic E-state index is -1.54. The van der Waals surface area contributed by atoms with E-state index in [0.29, 0.717) is 42.7 Å². The first kappa shape index (κ1) is 28.2. The lowest BCUT2D eigenvalue weighted by atomic mass is 9.72. The van der Waals surface area contributed by atoms with E-state index in [1.54, 1.807) is 24.3 Å². The summed E-state index contributed by atoms with van der Waals surface area (Å²) in [5.74, 6) is -2.78. The van der Waals surface area contributed by atoms with Crippen molar-refractivity contribution in [2.75, 3.05) is 33.4 Å². The number of carboxylic acid groups (broad SMARTS) is 1. The Hall–Kier alpha value is -3.82. The van der Waals surface area contributed by atoms with E-state index < -0.39 is 17.4 Å². The van der Waals surface area contributed by atoms with Crippen LogP contribution in [0.25, 0.3) is 0 Å². The summed E-state index contributed by atoms with van der Waals surface area (Å²) in [7, 11) is 1.42. The van der Waals surface area contributed by atoms with Crippen LogP contribution in [-0.4, -0.2) is 60.2 Å². The van der Waals surface area contributed by atoms with Gasteiger partial charge in [-0.25, -0.2) is 13.6 Å². The lowest BCUT2D eigenvalue weighted by Gasteiger charge is -2.42. The largest absolute Gasteiger partial charge is 0.493 e. The normalized spacial score (nSPS) is 14.7. The van der Waals surface area contributed by atoms with E-state index in [0.717, 1.165) is 19.6 Å². The first-order chi connectivity index (χ1) is 18.7. The molecular weight excluding hydrogens is 508 g/mol. The van der Waals surface area contributed by atoms with Crippen LogP contribution < -0.4 is 9.47 Å². The molecule has 9 heteroatoms. The fraction of sp³-hybridized carbons (Fsp3) is 0.333. The van der Waals surface area contributed by atoms with E-state index in [1.807, 2.05) is 0 Å². The van der Waals surface area contributed by atoms with E-state index in [2.05, 4.69) is 4.90 Å². The van der Waals surface area contributed by atoms with Gasteiger partial charge in [0.25, 0.3) is 5.78 Å². The van der Waals surface area contributed by atoms with Gasteiger partial charge in [-0.05, 0) is 91.9 Å². The summed E-state index contributed by atoms with van der Waals surface area (Å²) < 4.78 is 38.3. The molecule has 206 valence electrons. The van der Waals surface area contributed by atoms with Crippen LogP contribution in [0.3, 0.4) is 0 Å². The summed E-state index contributed by atoms with van der Waals surface area (Å²) in [4.78, 5) is 24.9. The number of Topliss-reactive ketones (excluding diaryl/α,β-unsaturated/α-hetero) is 1. The quantitative estimate of drug-likeness (QED) is 0.208. The number of hydrogen-bond acceptors (Lipinski definition) is 6. The molecule has 0 radical (unpaired) electrons. The van der Waals surface area contributed by atoms with Gasteiger partial charge in [-0.1, -0.05) is 24.3 Å². The molecule has 1 fully saturated rings. The van der Waals surface area contributed by atoms with Gasteiger partial charge < -0.3 is 24.6 Å². The van der Waals surface area contributed by atoms with Crippen molar-refractivity contribution in [3.8, 4) is 11.5 Å². The Balaban J connectivity index is 1.34. The number of rotatable bonds is 11. The number of halogens is 2. The first-order valence-electron chi connectivity index (χ1n) is 12.8. The zero-order valence-electron chi connectivity index (χ0n) is 21.6. The molecule has 0 aliphatic carbocycles. The highest BCUT2D eigenvalue weighted by atomic mass is 19.1. The molecule has 1 heterocycles. The van der Waals surface area contributed by atoms with Gasteiger partial charge in [-0.15, -0.1) is 0 Å². The van der Waals surface area contributed by atoms with Gasteiger partial charge in [-0.3, -0.25) is 4.79 Å². The van der Waals surface area contributed by atoms with Gasteiger partial charge in [0.15, 0.2) is 11.5 Å². The molecule has 0 amide bonds. The summed E-state index contributed by atoms with van der Waals surface area (Å²) in [6.45, 7) is 2.63. The number of carbonyl (C=O) groups is 2. The van der Waals surface area contributed by atoms with Crippen molar-refractivity contribution in [3.63, 3.8) is 0 Å². The van der Waals surface area contributed by atoms with Crippen LogP contribution in [0.5, 0.6) is 11.5 Å². The number of ketones is 1. The summed E-state index contributed by atoms with van der Waals surface area (Å²) >= 11 is 0. The number of aliphatic hydroxyl groups is 1. The molecule has 1 aliphatic heterocycles. The Morgan fingerprint density at radius 3 is 2.00 bits per heavy atom. The van der Waals surface area contributed by atoms with Gasteiger partial charge in [0, 0.05) is 12.1 Å². The van der Waals surface area contributed by atoms with Crippen LogP contribution in [0.1, 0.15) is 40.7 Å². The van der Waals surface area contributed by atoms with E-state index in [4.69, 9.17) is 14.6 Å². The molecule has 0 atom stereocenters. The lowest BCUT2D eigenvalue weighted by Crippen LogP contribution is -2.44. The fourth-order valence-corrected chi connectivity index (χ4v) is 5.14. The average Bonchev–Trinajstić information content (AvgIpc) is 2.95. The van der Waals surface area contributed by atoms with Crippen LogP contribution in [-0.2, 0) is 10.4 Å². The van der Waals surface area contributed by atoms with Crippen LogP contribution in [0.4, 0.5) is 8.78 Å². The molecular formula is C30H31F2NO6. The third kappa shape index (κ3) is 6.43. The number of ether oxygens (including phenoxy) is 2. The Kier molecular flexibility index (Phi) is 8.93. The minimum Gasteiger partial charge on any atom is -0.493 e. The standard InChI is InChI=1S/C30H31F2NO6/c1-38-27-19-20(28(34)29(35)36)3-12-26(27)39-18-2-15-33-16-13-23(14-17-33)30(37,21-4-8-24(31)9-5-21)22-6-10-25(32)11-7-22/h3-12,19,23,37H,2,13-18H2,1H3,(H,35,36). The molecule has 3 aromatic rings. The van der Waals surface area contributed by atoms with Crippen molar-refractivity contribution in [1.82, 2.24) is 4.90 Å². The van der Waals surface area contributed by atoms with Gasteiger partial charge in [-0.2, -0.15) is 0 Å². The van der Waals surface area contributed by atoms with E-state index >= 15 is 0 Å². The number of carboxylic acids is 1. The number of benzene rings is 3. The van der Waals surface area contributed by atoms with Gasteiger partial charge in [0.05, 0.1) is 13.7 Å². The molecule has 0 bridgehead atoms. The summed E-state index contributed by atoms with van der Waals surface area (Å²) in [6.07, 6.45) is 2.10. The smallest absolute Gasteiger partial charge is 0.377 e. The van der Waals surface area contributed by atoms with E-state index in [9.17, 15) is 23.5 Å². The second-order valence-electron chi connectivity index (χ2n) is 9.60. The molecule has 1 saturated heterocycles. The number of likely N-dealkylation sites (tertiary alicyclic amines) is 1. The highest BCUT2D eigenvalue weighted by Gasteiger charge is 2.41. The topological polar surface area (TPSA) is 96.3 Å². The van der Waals surface area contributed by atoms with Crippen molar-refractivity contribution in [2.45, 2.75) is 24.9 Å². The Bertz CT molecular complexity index is 1240. The lowest BCUT2D eigenvalue weighted by molar-refractivity contribution is -0.131. The molecule has 39 heavy (non-hydrogen) atoms. The molecule has 2 N–H and O–H groups in total. The van der Waals surface area contributed by atoms with Crippen molar-refractivity contribution < 1.29 is 38.1 Å². The van der Waals surface area contributed by atoms with E-state index in [-0.39, 0.29) is 28.9 Å². The third-order valence-corrected chi connectivity index (χ3v) is 7.24. The Morgan fingerprint density at radius 1 is 0.923 bits per heavy atom. The summed E-state index contributed by atoms with van der Waals surface area (Å²) in [5, 5.41) is 20.9. The van der Waals surface area contributed by atoms with Gasteiger partial charge >= 0.3 is 5.97 Å². The van der Waals surface area contributed by atoms with Crippen molar-refractivity contribution in [3.05, 3.63) is 95.1 Å². The van der Waals surface area contributed by atoms with Gasteiger partial charge in [0.1, 0.15) is 17.2 Å². The van der Waals surface area contributed by atoms with Crippen LogP contribution in [0.15, 0.2) is 66.7 Å². The molecule has 0 unspecified atom stereocenters. The number of hydrogen-bond donors (Lipinski definition) is 2. The third-order valence-electron chi connectivity index (χ3n) is 7.24. The Morgan fingerprint density at radius 2 is 1.49 bits per heavy atom. The van der Waals surface area contributed by atoms with Crippen LogP contribution in [0, 0.1) is 17.6 Å². The van der Waals surface area contributed by atoms with Gasteiger partial charge in [0.2, 0.25) is 0 Å². The van der Waals surface area contributed by atoms with Crippen molar-refractivity contribution in [1.29, 1.82) is 0 Å². The molecule has 7 nitrogen and oxygen atoms in total. The highest BCUT2D eigenvalue weighted by Crippen LogP contribution is 2.42. The molecule has 0 saturated carbocycles. The number of carbonyl (C=O) groups excluding carboxylic acids is 1. The maximum Gasteiger partial charge on any atom is 0.377 e. The first-order valence-corrected chi connectivity index (χ1v) is 12.8. The monoisotopic (exact) mass is 539 g/mol. The SMILES string of the molecule is COc1cc(C(=O)C(=O)O)ccc1OCCCN1CCC(C(O)(c2ccc(F)cc2)c2ccc(F)cc2)CC1. The molecule has 1 aliphatic rings. The zero-order valence-corrected chi connectivity index (χ0v) is 21.6. The number of aliphatic carboxylic acids is 1. The molecule has 4 rings (SSSR count). The highest BCUT2D eigenvalue weighted by molar-refractivity contribution is 6.39. The maximum atomic E-state index is 13.6. The van der Waals surface area contributed by atoms with Crippen molar-refractivity contribution >= 4 is 11.8 Å². The molecule has 0 aromatic heterocycles. The predicted molar refractivity (Wildman–Crippen MR) is 140 cm³/mol. The molecule has 0 spiro atoms. The maximum absolute atomic E-state index is 13.6. The molecule has 3 aromatic carbocycles. The second kappa shape index (κ2) is 12.4. The average molecular weight is 540 g/mol. The summed E-state index contributed by atoms with van der Waals surface area (Å²) in [6, 6.07) is 15.9.